The van der Waals surface area contributed by atoms with Crippen molar-refractivity contribution in [3.63, 3.8) is 0 Å². The van der Waals surface area contributed by atoms with Crippen LogP contribution in [-0.4, -0.2) is 30.1 Å². The van der Waals surface area contributed by atoms with E-state index in [0.717, 1.165) is 16.5 Å². The number of benzene rings is 1. The third-order valence-electron chi connectivity index (χ3n) is 3.05. The number of H-pyrrole nitrogens is 1. The molecule has 5 nitrogen and oxygen atoms in total. The maximum Gasteiger partial charge on any atom is 0.355 e. The van der Waals surface area contributed by atoms with E-state index in [1.807, 2.05) is 6.92 Å². The van der Waals surface area contributed by atoms with Gasteiger partial charge in [-0.05, 0) is 44.5 Å². The van der Waals surface area contributed by atoms with Crippen LogP contribution in [-0.2, 0) is 9.47 Å². The van der Waals surface area contributed by atoms with E-state index < -0.39 is 0 Å². The minimum absolute atomic E-state index is 0.321. The molecule has 106 valence electrons. The van der Waals surface area contributed by atoms with Crippen molar-refractivity contribution in [2.75, 3.05) is 13.2 Å². The highest BCUT2D eigenvalue weighted by atomic mass is 16.5. The van der Waals surface area contributed by atoms with Gasteiger partial charge in [0, 0.05) is 10.9 Å². The van der Waals surface area contributed by atoms with Crippen LogP contribution in [0.4, 0.5) is 0 Å². The van der Waals surface area contributed by atoms with Gasteiger partial charge in [0.25, 0.3) is 0 Å². The Morgan fingerprint density at radius 3 is 2.40 bits per heavy atom. The fourth-order valence-electron chi connectivity index (χ4n) is 2.08. The van der Waals surface area contributed by atoms with Crippen molar-refractivity contribution in [1.29, 1.82) is 0 Å². The highest BCUT2D eigenvalue weighted by Crippen LogP contribution is 2.24. The molecule has 5 heteroatoms. The molecular formula is C15H17NO4. The van der Waals surface area contributed by atoms with Crippen LogP contribution in [0.15, 0.2) is 18.2 Å². The Morgan fingerprint density at radius 1 is 1.10 bits per heavy atom. The fourth-order valence-corrected chi connectivity index (χ4v) is 2.08. The van der Waals surface area contributed by atoms with Crippen molar-refractivity contribution >= 4 is 22.8 Å². The van der Waals surface area contributed by atoms with E-state index in [0.29, 0.717) is 24.5 Å². The lowest BCUT2D eigenvalue weighted by atomic mass is 10.1. The molecule has 0 saturated carbocycles. The van der Waals surface area contributed by atoms with E-state index in [9.17, 15) is 9.59 Å². The molecule has 0 spiro atoms. The van der Waals surface area contributed by atoms with Crippen molar-refractivity contribution in [1.82, 2.24) is 4.98 Å². The molecule has 0 fully saturated rings. The molecule has 0 atom stereocenters. The number of aromatic amines is 1. The van der Waals surface area contributed by atoms with Crippen LogP contribution in [0.3, 0.4) is 0 Å². The molecule has 1 aromatic heterocycles. The Bertz CT molecular complexity index is 657. The van der Waals surface area contributed by atoms with E-state index in [-0.39, 0.29) is 11.9 Å². The van der Waals surface area contributed by atoms with E-state index in [4.69, 9.17) is 9.47 Å². The van der Waals surface area contributed by atoms with Crippen LogP contribution in [0.2, 0.25) is 0 Å². The predicted molar refractivity (Wildman–Crippen MR) is 74.9 cm³/mol. The number of aryl methyl sites for hydroxylation is 1. The summed E-state index contributed by atoms with van der Waals surface area (Å²) in [5, 5.41) is 0.818. The highest BCUT2D eigenvalue weighted by molar-refractivity contribution is 6.01. The number of rotatable bonds is 4. The van der Waals surface area contributed by atoms with E-state index >= 15 is 0 Å². The van der Waals surface area contributed by atoms with Gasteiger partial charge < -0.3 is 14.5 Å². The number of aromatic nitrogens is 1. The second-order valence-corrected chi connectivity index (χ2v) is 4.33. The lowest BCUT2D eigenvalue weighted by molar-refractivity contribution is 0.0513. The van der Waals surface area contributed by atoms with Crippen molar-refractivity contribution < 1.29 is 19.1 Å². The first kappa shape index (κ1) is 14.1. The van der Waals surface area contributed by atoms with Gasteiger partial charge in [-0.1, -0.05) is 0 Å². The first-order valence-corrected chi connectivity index (χ1v) is 6.55. The van der Waals surface area contributed by atoms with E-state index in [1.165, 1.54) is 0 Å². The Morgan fingerprint density at radius 2 is 1.75 bits per heavy atom. The minimum atomic E-state index is -0.390. The molecule has 0 aliphatic heterocycles. The Kier molecular flexibility index (Phi) is 4.08. The van der Waals surface area contributed by atoms with Gasteiger partial charge in [0.2, 0.25) is 0 Å². The molecule has 0 amide bonds. The summed E-state index contributed by atoms with van der Waals surface area (Å²) < 4.78 is 9.96. The van der Waals surface area contributed by atoms with Gasteiger partial charge in [-0.15, -0.1) is 0 Å². The SMILES string of the molecule is CCOC(=O)c1ccc2[nH]c(C(=O)OCC)c(C)c2c1. The molecule has 2 rings (SSSR count). The quantitative estimate of drug-likeness (QED) is 0.871. The average Bonchev–Trinajstić information content (AvgIpc) is 2.76. The van der Waals surface area contributed by atoms with Gasteiger partial charge in [-0.25, -0.2) is 9.59 Å². The summed E-state index contributed by atoms with van der Waals surface area (Å²) in [5.74, 6) is -0.758. The summed E-state index contributed by atoms with van der Waals surface area (Å²) in [6.45, 7) is 5.99. The monoisotopic (exact) mass is 275 g/mol. The fraction of sp³-hybridized carbons (Fsp3) is 0.333. The number of nitrogens with one attached hydrogen (secondary N) is 1. The van der Waals surface area contributed by atoms with Crippen LogP contribution in [0.5, 0.6) is 0 Å². The number of carbonyl (C=O) groups excluding carboxylic acids is 2. The second-order valence-electron chi connectivity index (χ2n) is 4.33. The molecule has 0 bridgehead atoms. The first-order valence-electron chi connectivity index (χ1n) is 6.55. The van der Waals surface area contributed by atoms with E-state index in [1.54, 1.807) is 32.0 Å². The van der Waals surface area contributed by atoms with E-state index in [2.05, 4.69) is 4.98 Å². The summed E-state index contributed by atoms with van der Waals surface area (Å²) >= 11 is 0. The lowest BCUT2D eigenvalue weighted by Crippen LogP contribution is -2.06. The number of ether oxygens (including phenoxy) is 2. The molecule has 0 unspecified atom stereocenters. The molecule has 1 aromatic carbocycles. The summed E-state index contributed by atoms with van der Waals surface area (Å²) in [6.07, 6.45) is 0. The van der Waals surface area contributed by atoms with Gasteiger partial charge in [0.05, 0.1) is 18.8 Å². The van der Waals surface area contributed by atoms with Crippen molar-refractivity contribution in [3.05, 3.63) is 35.0 Å². The number of hydrogen-bond donors (Lipinski definition) is 1. The zero-order chi connectivity index (χ0) is 14.7. The predicted octanol–water partition coefficient (Wildman–Crippen LogP) is 2.83. The van der Waals surface area contributed by atoms with Crippen molar-refractivity contribution in [2.45, 2.75) is 20.8 Å². The van der Waals surface area contributed by atoms with Gasteiger partial charge >= 0.3 is 11.9 Å². The molecule has 0 aliphatic carbocycles. The molecule has 20 heavy (non-hydrogen) atoms. The topological polar surface area (TPSA) is 68.4 Å². The van der Waals surface area contributed by atoms with Crippen molar-refractivity contribution in [2.24, 2.45) is 0 Å². The highest BCUT2D eigenvalue weighted by Gasteiger charge is 2.17. The normalized spacial score (nSPS) is 10.6. The van der Waals surface area contributed by atoms with Crippen LogP contribution < -0.4 is 0 Å². The van der Waals surface area contributed by atoms with Crippen LogP contribution in [0.1, 0.15) is 40.3 Å². The second kappa shape index (κ2) is 5.77. The standard InChI is InChI=1S/C15H17NO4/c1-4-19-14(17)10-6-7-12-11(8-10)9(3)13(16-12)15(18)20-5-2/h6-8,16H,4-5H2,1-3H3. The smallest absolute Gasteiger partial charge is 0.355 e. The molecule has 1 heterocycles. The first-order chi connectivity index (χ1) is 9.58. The summed E-state index contributed by atoms with van der Waals surface area (Å²) in [6, 6.07) is 5.16. The molecule has 1 N–H and O–H groups in total. The number of esters is 2. The third kappa shape index (κ3) is 2.52. The maximum atomic E-state index is 11.8. The maximum absolute atomic E-state index is 11.8. The zero-order valence-electron chi connectivity index (χ0n) is 11.8. The molecule has 0 saturated heterocycles. The summed E-state index contributed by atoms with van der Waals surface area (Å²) in [5.41, 5.74) is 2.45. The number of fused-ring (bicyclic) bond motifs is 1. The zero-order valence-corrected chi connectivity index (χ0v) is 11.8. The van der Waals surface area contributed by atoms with Gasteiger partial charge in [-0.2, -0.15) is 0 Å². The van der Waals surface area contributed by atoms with Crippen molar-refractivity contribution in [3.8, 4) is 0 Å². The summed E-state index contributed by atoms with van der Waals surface area (Å²) in [7, 11) is 0. The summed E-state index contributed by atoms with van der Waals surface area (Å²) in [4.78, 5) is 26.6. The average molecular weight is 275 g/mol. The number of hydrogen-bond acceptors (Lipinski definition) is 4. The van der Waals surface area contributed by atoms with Gasteiger partial charge in [0.15, 0.2) is 0 Å². The minimum Gasteiger partial charge on any atom is -0.462 e. The Labute approximate surface area is 116 Å². The van der Waals surface area contributed by atoms with Crippen LogP contribution in [0, 0.1) is 6.92 Å². The van der Waals surface area contributed by atoms with Gasteiger partial charge in [-0.3, -0.25) is 0 Å². The molecule has 2 aromatic rings. The molecule has 0 aliphatic rings. The molecular weight excluding hydrogens is 258 g/mol. The van der Waals surface area contributed by atoms with Gasteiger partial charge in [0.1, 0.15) is 5.69 Å². The van der Waals surface area contributed by atoms with Crippen LogP contribution >= 0.6 is 0 Å². The number of carbonyl (C=O) groups is 2. The Hall–Kier alpha value is -2.30. The lowest BCUT2D eigenvalue weighted by Gasteiger charge is -2.02. The van der Waals surface area contributed by atoms with Crippen LogP contribution in [0.25, 0.3) is 10.9 Å². The third-order valence-corrected chi connectivity index (χ3v) is 3.05. The Balaban J connectivity index is 2.45. The largest absolute Gasteiger partial charge is 0.462 e. The molecule has 0 radical (unpaired) electrons.